The summed E-state index contributed by atoms with van der Waals surface area (Å²) in [4.78, 5) is 4.06. The van der Waals surface area contributed by atoms with Crippen LogP contribution in [0.1, 0.15) is 32.0 Å². The van der Waals surface area contributed by atoms with E-state index in [1.54, 1.807) is 16.9 Å². The summed E-state index contributed by atoms with van der Waals surface area (Å²) in [5, 5.41) is 10.5. The SMILES string of the molecule is Cn1ccc(CNc2nccc(CNC(C)(C)C)c2F)n1. The number of anilines is 1. The molecule has 0 saturated heterocycles. The van der Waals surface area contributed by atoms with Crippen LogP contribution in [-0.2, 0) is 20.1 Å². The van der Waals surface area contributed by atoms with Gasteiger partial charge in [-0.05, 0) is 32.9 Å². The maximum absolute atomic E-state index is 14.4. The van der Waals surface area contributed by atoms with E-state index in [1.165, 1.54) is 0 Å². The molecule has 0 aliphatic carbocycles. The van der Waals surface area contributed by atoms with Gasteiger partial charge in [0.25, 0.3) is 0 Å². The Kier molecular flexibility index (Phi) is 4.57. The molecule has 2 aromatic rings. The van der Waals surface area contributed by atoms with Crippen molar-refractivity contribution < 1.29 is 4.39 Å². The molecular weight excluding hydrogens is 269 g/mol. The van der Waals surface area contributed by atoms with Crippen LogP contribution in [0.3, 0.4) is 0 Å². The molecule has 0 bridgehead atoms. The Hall–Kier alpha value is -1.95. The predicted molar refractivity (Wildman–Crippen MR) is 81.3 cm³/mol. The molecule has 0 atom stereocenters. The van der Waals surface area contributed by atoms with Crippen LogP contribution in [0.4, 0.5) is 10.2 Å². The van der Waals surface area contributed by atoms with E-state index in [9.17, 15) is 4.39 Å². The van der Waals surface area contributed by atoms with E-state index in [1.807, 2.05) is 40.1 Å². The first-order chi connectivity index (χ1) is 9.85. The summed E-state index contributed by atoms with van der Waals surface area (Å²) in [6.45, 7) is 7.06. The lowest BCUT2D eigenvalue weighted by atomic mass is 10.1. The lowest BCUT2D eigenvalue weighted by molar-refractivity contribution is 0.418. The Labute approximate surface area is 124 Å². The molecule has 0 saturated carbocycles. The topological polar surface area (TPSA) is 54.8 Å². The average Bonchev–Trinajstić information content (AvgIpc) is 2.81. The number of pyridine rings is 1. The van der Waals surface area contributed by atoms with Crippen LogP contribution < -0.4 is 10.6 Å². The molecule has 5 nitrogen and oxygen atoms in total. The number of nitrogens with zero attached hydrogens (tertiary/aromatic N) is 3. The highest BCUT2D eigenvalue weighted by atomic mass is 19.1. The van der Waals surface area contributed by atoms with E-state index in [0.29, 0.717) is 18.7 Å². The van der Waals surface area contributed by atoms with Gasteiger partial charge in [0.2, 0.25) is 0 Å². The number of rotatable bonds is 5. The van der Waals surface area contributed by atoms with Crippen LogP contribution in [0.25, 0.3) is 0 Å². The molecule has 2 rings (SSSR count). The first-order valence-electron chi connectivity index (χ1n) is 6.96. The molecule has 0 amide bonds. The third-order valence-corrected chi connectivity index (χ3v) is 2.98. The summed E-state index contributed by atoms with van der Waals surface area (Å²) in [7, 11) is 1.85. The first-order valence-corrected chi connectivity index (χ1v) is 6.96. The lowest BCUT2D eigenvalue weighted by Crippen LogP contribution is -2.35. The maximum atomic E-state index is 14.4. The van der Waals surface area contributed by atoms with Gasteiger partial charge < -0.3 is 10.6 Å². The van der Waals surface area contributed by atoms with Gasteiger partial charge in [0.15, 0.2) is 11.6 Å². The van der Waals surface area contributed by atoms with Crippen molar-refractivity contribution in [2.45, 2.75) is 39.4 Å². The fraction of sp³-hybridized carbons (Fsp3) is 0.467. The molecule has 0 fully saturated rings. The fourth-order valence-corrected chi connectivity index (χ4v) is 1.84. The van der Waals surface area contributed by atoms with E-state index >= 15 is 0 Å². The lowest BCUT2D eigenvalue weighted by Gasteiger charge is -2.21. The predicted octanol–water partition coefficient (Wildman–Crippen LogP) is 2.45. The number of aryl methyl sites for hydroxylation is 1. The summed E-state index contributed by atoms with van der Waals surface area (Å²) in [5.41, 5.74) is 1.39. The molecule has 6 heteroatoms. The molecular formula is C15H22FN5. The third-order valence-electron chi connectivity index (χ3n) is 2.98. The zero-order chi connectivity index (χ0) is 15.5. The van der Waals surface area contributed by atoms with Crippen molar-refractivity contribution in [1.82, 2.24) is 20.1 Å². The quantitative estimate of drug-likeness (QED) is 0.888. The Balaban J connectivity index is 2.03. The molecule has 2 N–H and O–H groups in total. The van der Waals surface area contributed by atoms with E-state index < -0.39 is 0 Å². The van der Waals surface area contributed by atoms with Gasteiger partial charge in [-0.1, -0.05) is 0 Å². The molecule has 0 aromatic carbocycles. The van der Waals surface area contributed by atoms with Crippen LogP contribution in [0.15, 0.2) is 24.5 Å². The maximum Gasteiger partial charge on any atom is 0.169 e. The number of halogens is 1. The van der Waals surface area contributed by atoms with Crippen LogP contribution in [-0.4, -0.2) is 20.3 Å². The van der Waals surface area contributed by atoms with Gasteiger partial charge >= 0.3 is 0 Å². The Morgan fingerprint density at radius 2 is 2.00 bits per heavy atom. The average molecular weight is 291 g/mol. The smallest absolute Gasteiger partial charge is 0.169 e. The van der Waals surface area contributed by atoms with Gasteiger partial charge in [0.05, 0.1) is 12.2 Å². The molecule has 21 heavy (non-hydrogen) atoms. The van der Waals surface area contributed by atoms with E-state index in [-0.39, 0.29) is 17.2 Å². The second-order valence-corrected chi connectivity index (χ2v) is 6.07. The normalized spacial score (nSPS) is 11.7. The van der Waals surface area contributed by atoms with Crippen molar-refractivity contribution in [3.63, 3.8) is 0 Å². The second-order valence-electron chi connectivity index (χ2n) is 6.07. The van der Waals surface area contributed by atoms with Gasteiger partial charge in [-0.25, -0.2) is 9.37 Å². The largest absolute Gasteiger partial charge is 0.362 e. The summed E-state index contributed by atoms with van der Waals surface area (Å²) in [6, 6.07) is 3.58. The minimum absolute atomic E-state index is 0.0583. The number of aromatic nitrogens is 3. The summed E-state index contributed by atoms with van der Waals surface area (Å²) in [5.74, 6) is -0.0564. The molecule has 0 radical (unpaired) electrons. The minimum Gasteiger partial charge on any atom is -0.362 e. The molecule has 114 valence electrons. The zero-order valence-electron chi connectivity index (χ0n) is 12.9. The summed E-state index contributed by atoms with van der Waals surface area (Å²) in [6.07, 6.45) is 3.47. The van der Waals surface area contributed by atoms with Gasteiger partial charge in [0.1, 0.15) is 0 Å². The van der Waals surface area contributed by atoms with E-state index in [0.717, 1.165) is 5.69 Å². The number of hydrogen-bond acceptors (Lipinski definition) is 4. The van der Waals surface area contributed by atoms with E-state index in [2.05, 4.69) is 20.7 Å². The monoisotopic (exact) mass is 291 g/mol. The van der Waals surface area contributed by atoms with Gasteiger partial charge in [-0.2, -0.15) is 5.10 Å². The van der Waals surface area contributed by atoms with Crippen LogP contribution in [0.5, 0.6) is 0 Å². The van der Waals surface area contributed by atoms with Gasteiger partial charge in [0, 0.05) is 37.1 Å². The molecule has 2 aromatic heterocycles. The molecule has 0 aliphatic rings. The zero-order valence-corrected chi connectivity index (χ0v) is 12.9. The highest BCUT2D eigenvalue weighted by molar-refractivity contribution is 5.40. The summed E-state index contributed by atoms with van der Waals surface area (Å²) >= 11 is 0. The standard InChI is InChI=1S/C15H22FN5/c1-15(2,3)19-9-11-5-7-17-14(13(11)16)18-10-12-6-8-21(4)20-12/h5-8,19H,9-10H2,1-4H3,(H,17,18). The van der Waals surface area contributed by atoms with Crippen molar-refractivity contribution in [1.29, 1.82) is 0 Å². The molecule has 0 unspecified atom stereocenters. The van der Waals surface area contributed by atoms with Gasteiger partial charge in [-0.15, -0.1) is 0 Å². The minimum atomic E-state index is -0.315. The number of nitrogens with one attached hydrogen (secondary N) is 2. The molecule has 0 spiro atoms. The highest BCUT2D eigenvalue weighted by Crippen LogP contribution is 2.16. The molecule has 2 heterocycles. The van der Waals surface area contributed by atoms with Crippen molar-refractivity contribution in [3.05, 3.63) is 41.6 Å². The Bertz CT molecular complexity index is 600. The van der Waals surface area contributed by atoms with Crippen LogP contribution in [0, 0.1) is 5.82 Å². The number of hydrogen-bond donors (Lipinski definition) is 2. The van der Waals surface area contributed by atoms with Crippen molar-refractivity contribution in [2.75, 3.05) is 5.32 Å². The highest BCUT2D eigenvalue weighted by Gasteiger charge is 2.13. The molecule has 0 aliphatic heterocycles. The first kappa shape index (κ1) is 15.4. The van der Waals surface area contributed by atoms with Gasteiger partial charge in [-0.3, -0.25) is 4.68 Å². The Morgan fingerprint density at radius 3 is 2.62 bits per heavy atom. The van der Waals surface area contributed by atoms with Crippen molar-refractivity contribution in [3.8, 4) is 0 Å². The second kappa shape index (κ2) is 6.22. The Morgan fingerprint density at radius 1 is 1.24 bits per heavy atom. The van der Waals surface area contributed by atoms with Crippen LogP contribution >= 0.6 is 0 Å². The van der Waals surface area contributed by atoms with Crippen LogP contribution in [0.2, 0.25) is 0 Å². The van der Waals surface area contributed by atoms with E-state index in [4.69, 9.17) is 0 Å². The van der Waals surface area contributed by atoms with Crippen molar-refractivity contribution in [2.24, 2.45) is 7.05 Å². The summed E-state index contributed by atoms with van der Waals surface area (Å²) < 4.78 is 16.1. The van der Waals surface area contributed by atoms with Crippen molar-refractivity contribution >= 4 is 5.82 Å². The fourth-order valence-electron chi connectivity index (χ4n) is 1.84. The third kappa shape index (κ3) is 4.53.